The van der Waals surface area contributed by atoms with Gasteiger partial charge in [0.1, 0.15) is 42.5 Å². The summed E-state index contributed by atoms with van der Waals surface area (Å²) < 4.78 is 51.8. The van der Waals surface area contributed by atoms with Crippen LogP contribution < -0.4 is 24.2 Å². The molecule has 0 radical (unpaired) electrons. The Labute approximate surface area is 333 Å². The standard InChI is InChI=1S/C41H53N5O10S/c1-24-8-6-7-9-26-22-41(26,37(49)44-57(51,52)40(4)15-16-40)43-34(47)30-21-27(55-35-29-10-11-31-33(54-19-18-53-31)28(29)12-17-42-35)23-46(30)36(48)32(25(2)20-24)45(5)38(50)56-39(3)13-14-39/h7,9-12,17,24-27,30,32H,6,8,13-16,18-23H2,1-5H3,(H,43,47)(H,44,49)/b9-7-/t24-,25+,26+,27+,30-,32-,41+/m0/s1. The number of carbonyl (C=O) groups excluding carboxylic acids is 4. The molecule has 1 aromatic heterocycles. The van der Waals surface area contributed by atoms with Gasteiger partial charge in [0.05, 0.1) is 11.3 Å². The van der Waals surface area contributed by atoms with Gasteiger partial charge in [0.2, 0.25) is 27.7 Å². The van der Waals surface area contributed by atoms with Crippen LogP contribution in [0.4, 0.5) is 4.79 Å². The molecule has 8 rings (SSSR count). The lowest BCUT2D eigenvalue weighted by Crippen LogP contribution is -2.59. The zero-order valence-electron chi connectivity index (χ0n) is 33.2. The highest BCUT2D eigenvalue weighted by Gasteiger charge is 2.63. The van der Waals surface area contributed by atoms with Crippen LogP contribution in [-0.4, -0.2) is 108 Å². The number of aromatic nitrogens is 1. The van der Waals surface area contributed by atoms with Crippen molar-refractivity contribution < 1.29 is 46.5 Å². The van der Waals surface area contributed by atoms with Gasteiger partial charge in [-0.1, -0.05) is 26.0 Å². The van der Waals surface area contributed by atoms with Gasteiger partial charge in [-0.2, -0.15) is 0 Å². The first kappa shape index (κ1) is 39.2. The van der Waals surface area contributed by atoms with Gasteiger partial charge in [0, 0.05) is 36.4 Å². The predicted octanol–water partition coefficient (Wildman–Crippen LogP) is 4.23. The van der Waals surface area contributed by atoms with Crippen molar-refractivity contribution in [3.63, 3.8) is 0 Å². The number of pyridine rings is 1. The molecule has 0 spiro atoms. The lowest BCUT2D eigenvalue weighted by molar-refractivity contribution is -0.144. The first-order valence-electron chi connectivity index (χ1n) is 20.2. The normalized spacial score (nSPS) is 32.0. The molecule has 57 heavy (non-hydrogen) atoms. The Balaban J connectivity index is 1.13. The van der Waals surface area contributed by atoms with E-state index in [9.17, 15) is 22.8 Å². The van der Waals surface area contributed by atoms with Crippen LogP contribution in [0.25, 0.3) is 10.8 Å². The van der Waals surface area contributed by atoms with Crippen LogP contribution in [-0.2, 0) is 29.1 Å². The fourth-order valence-corrected chi connectivity index (χ4v) is 9.90. The molecular weight excluding hydrogens is 755 g/mol. The zero-order valence-corrected chi connectivity index (χ0v) is 34.1. The number of nitrogens with one attached hydrogen (secondary N) is 2. The number of likely N-dealkylation sites (N-methyl/N-ethyl adjacent to an activating group) is 1. The first-order valence-corrected chi connectivity index (χ1v) is 21.7. The van der Waals surface area contributed by atoms with Crippen molar-refractivity contribution in [1.82, 2.24) is 24.8 Å². The Hall–Kier alpha value is -4.60. The maximum absolute atomic E-state index is 15.1. The summed E-state index contributed by atoms with van der Waals surface area (Å²) in [6.45, 7) is 8.31. The summed E-state index contributed by atoms with van der Waals surface area (Å²) in [6, 6.07) is 3.32. The molecule has 16 heteroatoms. The SMILES string of the molecule is C[C@H]1CC/C=C\[C@@H]2C[C@@]2(C(=O)NS(=O)(=O)C2(C)CC2)NC(=O)[C@@H]2C[C@@H](Oc3nccc4c5c(ccc34)OCCO5)CN2C(=O)[C@@H](N(C)C(=O)OC2(C)CC2)[C@H](C)C1. The van der Waals surface area contributed by atoms with Crippen molar-refractivity contribution in [3.8, 4) is 17.4 Å². The minimum atomic E-state index is -4.00. The monoisotopic (exact) mass is 807 g/mol. The molecule has 4 amide bonds. The first-order chi connectivity index (χ1) is 27.0. The van der Waals surface area contributed by atoms with Crippen molar-refractivity contribution >= 4 is 44.6 Å². The summed E-state index contributed by atoms with van der Waals surface area (Å²) in [5, 5.41) is 4.33. The second-order valence-corrected chi connectivity index (χ2v) is 19.8. The molecule has 6 aliphatic rings. The van der Waals surface area contributed by atoms with E-state index in [1.165, 1.54) is 9.80 Å². The molecule has 2 aromatic rings. The molecule has 1 saturated heterocycles. The van der Waals surface area contributed by atoms with E-state index in [2.05, 4.69) is 21.9 Å². The third kappa shape index (κ3) is 7.49. The Morgan fingerprint density at radius 3 is 2.53 bits per heavy atom. The molecule has 3 aliphatic carbocycles. The van der Waals surface area contributed by atoms with E-state index < -0.39 is 73.8 Å². The largest absolute Gasteiger partial charge is 0.486 e. The number of rotatable bonds is 7. The fourth-order valence-electron chi connectivity index (χ4n) is 8.59. The molecule has 2 N–H and O–H groups in total. The van der Waals surface area contributed by atoms with E-state index in [0.717, 1.165) is 24.6 Å². The number of fused-ring (bicyclic) bond motifs is 5. The van der Waals surface area contributed by atoms with Crippen molar-refractivity contribution in [2.45, 2.75) is 120 Å². The van der Waals surface area contributed by atoms with Gasteiger partial charge < -0.3 is 29.2 Å². The van der Waals surface area contributed by atoms with Crippen molar-refractivity contribution in [3.05, 3.63) is 36.5 Å². The van der Waals surface area contributed by atoms with Crippen LogP contribution in [0.5, 0.6) is 17.4 Å². The zero-order chi connectivity index (χ0) is 40.5. The van der Waals surface area contributed by atoms with Crippen molar-refractivity contribution in [1.29, 1.82) is 0 Å². The van der Waals surface area contributed by atoms with Gasteiger partial charge >= 0.3 is 6.09 Å². The van der Waals surface area contributed by atoms with Crippen LogP contribution >= 0.6 is 0 Å². The topological polar surface area (TPSA) is 183 Å². The number of benzene rings is 1. The lowest BCUT2D eigenvalue weighted by atomic mass is 9.87. The average molecular weight is 808 g/mol. The maximum Gasteiger partial charge on any atom is 0.410 e. The van der Waals surface area contributed by atoms with Crippen LogP contribution in [0.15, 0.2) is 36.5 Å². The Morgan fingerprint density at radius 1 is 1.04 bits per heavy atom. The van der Waals surface area contributed by atoms with Crippen molar-refractivity contribution in [2.75, 3.05) is 26.8 Å². The van der Waals surface area contributed by atoms with Crippen LogP contribution in [0.1, 0.15) is 85.5 Å². The van der Waals surface area contributed by atoms with E-state index in [0.29, 0.717) is 55.8 Å². The molecule has 4 fully saturated rings. The van der Waals surface area contributed by atoms with Gasteiger partial charge in [-0.3, -0.25) is 24.0 Å². The molecule has 0 bridgehead atoms. The summed E-state index contributed by atoms with van der Waals surface area (Å²) in [6.07, 6.45) is 8.79. The summed E-state index contributed by atoms with van der Waals surface area (Å²) >= 11 is 0. The van der Waals surface area contributed by atoms with Gasteiger partial charge in [0.15, 0.2) is 11.5 Å². The van der Waals surface area contributed by atoms with E-state index >= 15 is 4.79 Å². The van der Waals surface area contributed by atoms with E-state index in [1.54, 1.807) is 26.2 Å². The molecule has 308 valence electrons. The highest BCUT2D eigenvalue weighted by molar-refractivity contribution is 7.91. The molecule has 15 nitrogen and oxygen atoms in total. The average Bonchev–Trinajstić information content (AvgIpc) is 4.13. The Morgan fingerprint density at radius 2 is 1.79 bits per heavy atom. The molecule has 0 unspecified atom stereocenters. The van der Waals surface area contributed by atoms with Crippen LogP contribution in [0.2, 0.25) is 0 Å². The van der Waals surface area contributed by atoms with Gasteiger partial charge in [-0.25, -0.2) is 18.2 Å². The number of hydrogen-bond donors (Lipinski definition) is 2. The van der Waals surface area contributed by atoms with Crippen molar-refractivity contribution in [2.24, 2.45) is 17.8 Å². The highest BCUT2D eigenvalue weighted by Crippen LogP contribution is 2.48. The van der Waals surface area contributed by atoms with E-state index in [-0.39, 0.29) is 37.1 Å². The predicted molar refractivity (Wildman–Crippen MR) is 208 cm³/mol. The van der Waals surface area contributed by atoms with Gasteiger partial charge in [0.25, 0.3) is 5.91 Å². The second-order valence-electron chi connectivity index (χ2n) is 17.6. The summed E-state index contributed by atoms with van der Waals surface area (Å²) in [5.74, 6) is -0.997. The summed E-state index contributed by atoms with van der Waals surface area (Å²) in [5.41, 5.74) is -2.11. The van der Waals surface area contributed by atoms with Gasteiger partial charge in [-0.05, 0) is 95.2 Å². The lowest BCUT2D eigenvalue weighted by Gasteiger charge is -2.37. The number of nitrogens with zero attached hydrogens (tertiary/aromatic N) is 3. The molecule has 3 saturated carbocycles. The number of carbonyl (C=O) groups is 4. The number of ether oxygens (including phenoxy) is 4. The van der Waals surface area contributed by atoms with Gasteiger partial charge in [-0.15, -0.1) is 0 Å². The molecule has 4 heterocycles. The summed E-state index contributed by atoms with van der Waals surface area (Å²) in [7, 11) is -2.44. The minimum Gasteiger partial charge on any atom is -0.486 e. The van der Waals surface area contributed by atoms with Crippen LogP contribution in [0.3, 0.4) is 0 Å². The Kier molecular flexibility index (Phi) is 9.88. The van der Waals surface area contributed by atoms with E-state index in [1.807, 2.05) is 38.1 Å². The molecule has 1 aromatic carbocycles. The molecule has 7 atom stereocenters. The maximum atomic E-state index is 15.1. The smallest absolute Gasteiger partial charge is 0.410 e. The number of hydrogen-bond acceptors (Lipinski definition) is 11. The number of amides is 4. The van der Waals surface area contributed by atoms with Crippen LogP contribution in [0, 0.1) is 17.8 Å². The van der Waals surface area contributed by atoms with E-state index in [4.69, 9.17) is 18.9 Å². The number of sulfonamides is 1. The second kappa shape index (κ2) is 14.3. The third-order valence-electron chi connectivity index (χ3n) is 12.9. The molecular formula is C41H53N5O10S. The quantitative estimate of drug-likeness (QED) is 0.382. The highest BCUT2D eigenvalue weighted by atomic mass is 32.2. The third-order valence-corrected chi connectivity index (χ3v) is 15.0. The fraction of sp³-hybridized carbons (Fsp3) is 0.634. The minimum absolute atomic E-state index is 0.0197. The number of allylic oxidation sites excluding steroid dienone is 1. The molecule has 3 aliphatic heterocycles. The Bertz CT molecular complexity index is 2120. The summed E-state index contributed by atoms with van der Waals surface area (Å²) in [4.78, 5) is 64.6.